The van der Waals surface area contributed by atoms with Crippen molar-refractivity contribution in [2.45, 2.75) is 18.9 Å². The van der Waals surface area contributed by atoms with Gasteiger partial charge in [0, 0.05) is 18.2 Å². The Labute approximate surface area is 94.2 Å². The summed E-state index contributed by atoms with van der Waals surface area (Å²) in [5.74, 6) is 0. The first kappa shape index (κ1) is 11.9. The summed E-state index contributed by atoms with van der Waals surface area (Å²) in [7, 11) is 0. The minimum atomic E-state index is -0.369. The van der Waals surface area contributed by atoms with Crippen LogP contribution in [0.3, 0.4) is 0 Å². The van der Waals surface area contributed by atoms with E-state index in [4.69, 9.17) is 0 Å². The molecule has 1 saturated heterocycles. The van der Waals surface area contributed by atoms with Gasteiger partial charge in [-0.15, -0.1) is 12.4 Å². The second kappa shape index (κ2) is 5.09. The molecular formula is C10H13ClN2O2. The normalized spacial score (nSPS) is 19.6. The van der Waals surface area contributed by atoms with Gasteiger partial charge < -0.3 is 5.32 Å². The molecule has 2 rings (SSSR count). The van der Waals surface area contributed by atoms with Gasteiger partial charge in [-0.3, -0.25) is 10.1 Å². The van der Waals surface area contributed by atoms with Crippen LogP contribution < -0.4 is 5.32 Å². The molecule has 0 radical (unpaired) electrons. The highest BCUT2D eigenvalue weighted by molar-refractivity contribution is 5.85. The van der Waals surface area contributed by atoms with Gasteiger partial charge in [0.25, 0.3) is 5.69 Å². The van der Waals surface area contributed by atoms with Crippen LogP contribution in [0.4, 0.5) is 5.69 Å². The first-order chi connectivity index (χ1) is 6.77. The molecule has 0 spiro atoms. The first-order valence-corrected chi connectivity index (χ1v) is 4.75. The molecular weight excluding hydrogens is 216 g/mol. The number of halogens is 1. The monoisotopic (exact) mass is 228 g/mol. The molecule has 1 aliphatic rings. The Balaban J connectivity index is 0.00000112. The number of rotatable bonds is 2. The van der Waals surface area contributed by atoms with Gasteiger partial charge in [0.2, 0.25) is 0 Å². The van der Waals surface area contributed by atoms with Crippen LogP contribution in [0.15, 0.2) is 24.3 Å². The van der Waals surface area contributed by atoms with E-state index in [0.717, 1.165) is 18.5 Å². The van der Waals surface area contributed by atoms with Crippen molar-refractivity contribution in [2.24, 2.45) is 0 Å². The van der Waals surface area contributed by atoms with Crippen LogP contribution in [-0.2, 0) is 0 Å². The van der Waals surface area contributed by atoms with Crippen LogP contribution in [-0.4, -0.2) is 11.5 Å². The zero-order valence-electron chi connectivity index (χ0n) is 8.18. The molecule has 5 heteroatoms. The van der Waals surface area contributed by atoms with Crippen molar-refractivity contribution in [1.82, 2.24) is 5.32 Å². The number of hydrogen-bond donors (Lipinski definition) is 1. The van der Waals surface area contributed by atoms with E-state index in [9.17, 15) is 10.1 Å². The third kappa shape index (κ3) is 2.67. The SMILES string of the molecule is Cl.O=[N+]([O-])c1ccc([C@@H]2CCCN2)cc1. The van der Waals surface area contributed by atoms with Crippen LogP contribution in [0.25, 0.3) is 0 Å². The second-order valence-electron chi connectivity index (χ2n) is 3.50. The van der Waals surface area contributed by atoms with Crippen molar-refractivity contribution in [3.8, 4) is 0 Å². The van der Waals surface area contributed by atoms with Crippen molar-refractivity contribution in [1.29, 1.82) is 0 Å². The summed E-state index contributed by atoms with van der Waals surface area (Å²) in [5.41, 5.74) is 1.31. The molecule has 1 N–H and O–H groups in total. The molecule has 4 nitrogen and oxygen atoms in total. The molecule has 1 aromatic rings. The Hall–Kier alpha value is -1.13. The molecule has 1 heterocycles. The average molecular weight is 229 g/mol. The maximum atomic E-state index is 10.4. The van der Waals surface area contributed by atoms with E-state index in [0.29, 0.717) is 6.04 Å². The molecule has 0 bridgehead atoms. The fourth-order valence-electron chi connectivity index (χ4n) is 1.80. The number of nitro groups is 1. The van der Waals surface area contributed by atoms with E-state index in [1.54, 1.807) is 12.1 Å². The molecule has 0 unspecified atom stereocenters. The molecule has 82 valence electrons. The summed E-state index contributed by atoms with van der Waals surface area (Å²) >= 11 is 0. The van der Waals surface area contributed by atoms with Crippen molar-refractivity contribution >= 4 is 18.1 Å². The van der Waals surface area contributed by atoms with Gasteiger partial charge in [-0.2, -0.15) is 0 Å². The molecule has 1 aliphatic heterocycles. The largest absolute Gasteiger partial charge is 0.310 e. The molecule has 0 amide bonds. The lowest BCUT2D eigenvalue weighted by molar-refractivity contribution is -0.384. The van der Waals surface area contributed by atoms with Gasteiger partial charge in [-0.25, -0.2) is 0 Å². The van der Waals surface area contributed by atoms with Gasteiger partial charge >= 0.3 is 0 Å². The van der Waals surface area contributed by atoms with Gasteiger partial charge in [0.1, 0.15) is 0 Å². The smallest absolute Gasteiger partial charge is 0.269 e. The summed E-state index contributed by atoms with van der Waals surface area (Å²) < 4.78 is 0. The van der Waals surface area contributed by atoms with Crippen LogP contribution in [0, 0.1) is 10.1 Å². The Kier molecular flexibility index (Phi) is 4.05. The van der Waals surface area contributed by atoms with E-state index in [1.807, 2.05) is 12.1 Å². The van der Waals surface area contributed by atoms with Crippen LogP contribution in [0.2, 0.25) is 0 Å². The van der Waals surface area contributed by atoms with Crippen LogP contribution in [0.1, 0.15) is 24.4 Å². The summed E-state index contributed by atoms with van der Waals surface area (Å²) in [6.45, 7) is 1.04. The van der Waals surface area contributed by atoms with Crippen LogP contribution >= 0.6 is 12.4 Å². The summed E-state index contributed by atoms with van der Waals surface area (Å²) in [6.07, 6.45) is 2.31. The van der Waals surface area contributed by atoms with Gasteiger partial charge in [0.05, 0.1) is 4.92 Å². The van der Waals surface area contributed by atoms with Gasteiger partial charge in [0.15, 0.2) is 0 Å². The fourth-order valence-corrected chi connectivity index (χ4v) is 1.80. The van der Waals surface area contributed by atoms with Crippen LogP contribution in [0.5, 0.6) is 0 Å². The number of nitrogens with one attached hydrogen (secondary N) is 1. The standard InChI is InChI=1S/C10H12N2O2.ClH/c13-12(14)9-5-3-8(4-6-9)10-2-1-7-11-10;/h3-6,10-11H,1-2,7H2;1H/t10-;/m0./s1. The maximum Gasteiger partial charge on any atom is 0.269 e. The molecule has 1 fully saturated rings. The average Bonchev–Trinajstić information content (AvgIpc) is 2.71. The predicted octanol–water partition coefficient (Wildman–Crippen LogP) is 2.44. The number of benzene rings is 1. The third-order valence-electron chi connectivity index (χ3n) is 2.57. The number of hydrogen-bond acceptors (Lipinski definition) is 3. The van der Waals surface area contributed by atoms with E-state index >= 15 is 0 Å². The highest BCUT2D eigenvalue weighted by atomic mass is 35.5. The zero-order chi connectivity index (χ0) is 9.97. The Bertz CT molecular complexity index is 334. The quantitative estimate of drug-likeness (QED) is 0.625. The molecule has 15 heavy (non-hydrogen) atoms. The van der Waals surface area contributed by atoms with Crippen molar-refractivity contribution in [3.63, 3.8) is 0 Å². The molecule has 1 aromatic carbocycles. The van der Waals surface area contributed by atoms with Crippen molar-refractivity contribution in [2.75, 3.05) is 6.54 Å². The Morgan fingerprint density at radius 2 is 2.00 bits per heavy atom. The second-order valence-corrected chi connectivity index (χ2v) is 3.50. The fraction of sp³-hybridized carbons (Fsp3) is 0.400. The van der Waals surface area contributed by atoms with Gasteiger partial charge in [-0.1, -0.05) is 12.1 Å². The number of nitrogens with zero attached hydrogens (tertiary/aromatic N) is 1. The number of nitro benzene ring substituents is 1. The molecule has 0 saturated carbocycles. The Morgan fingerprint density at radius 1 is 1.33 bits per heavy atom. The number of non-ortho nitro benzene ring substituents is 1. The zero-order valence-corrected chi connectivity index (χ0v) is 9.00. The van der Waals surface area contributed by atoms with Crippen molar-refractivity contribution in [3.05, 3.63) is 39.9 Å². The molecule has 0 aromatic heterocycles. The van der Waals surface area contributed by atoms with E-state index < -0.39 is 0 Å². The van der Waals surface area contributed by atoms with E-state index in [1.165, 1.54) is 6.42 Å². The summed E-state index contributed by atoms with van der Waals surface area (Å²) in [5, 5.41) is 13.8. The lowest BCUT2D eigenvalue weighted by Crippen LogP contribution is -2.12. The van der Waals surface area contributed by atoms with Gasteiger partial charge in [-0.05, 0) is 24.9 Å². The van der Waals surface area contributed by atoms with Crippen molar-refractivity contribution < 1.29 is 4.92 Å². The first-order valence-electron chi connectivity index (χ1n) is 4.75. The lowest BCUT2D eigenvalue weighted by Gasteiger charge is -2.09. The minimum absolute atomic E-state index is 0. The molecule has 1 atom stereocenters. The summed E-state index contributed by atoms with van der Waals surface area (Å²) in [4.78, 5) is 10.1. The topological polar surface area (TPSA) is 55.2 Å². The minimum Gasteiger partial charge on any atom is -0.310 e. The van der Waals surface area contributed by atoms with E-state index in [-0.39, 0.29) is 23.0 Å². The Morgan fingerprint density at radius 3 is 2.47 bits per heavy atom. The molecule has 0 aliphatic carbocycles. The van der Waals surface area contributed by atoms with E-state index in [2.05, 4.69) is 5.32 Å². The highest BCUT2D eigenvalue weighted by Gasteiger charge is 2.16. The third-order valence-corrected chi connectivity index (χ3v) is 2.57. The maximum absolute atomic E-state index is 10.4. The lowest BCUT2D eigenvalue weighted by atomic mass is 10.1. The predicted molar refractivity (Wildman–Crippen MR) is 60.3 cm³/mol. The summed E-state index contributed by atoms with van der Waals surface area (Å²) in [6, 6.07) is 7.18. The highest BCUT2D eigenvalue weighted by Crippen LogP contribution is 2.24.